The minimum atomic E-state index is -1.11. The minimum absolute atomic E-state index is 0.341. The largest absolute Gasteiger partial charge is 0.294 e. The van der Waals surface area contributed by atoms with Crippen LogP contribution in [0.5, 0.6) is 0 Å². The number of rotatable bonds is 4. The van der Waals surface area contributed by atoms with Gasteiger partial charge in [-0.05, 0) is 24.3 Å². The van der Waals surface area contributed by atoms with Gasteiger partial charge in [-0.1, -0.05) is 66.7 Å². The summed E-state index contributed by atoms with van der Waals surface area (Å²) in [5.74, 6) is -7.97. The number of amides is 4. The normalized spacial score (nSPS) is 25.8. The van der Waals surface area contributed by atoms with Crippen molar-refractivity contribution in [3.63, 3.8) is 0 Å². The van der Waals surface area contributed by atoms with Crippen molar-refractivity contribution in [3.05, 3.63) is 96.6 Å². The molecular weight excluding hydrogens is 444 g/mol. The molecule has 7 heteroatoms. The van der Waals surface area contributed by atoms with Crippen molar-refractivity contribution < 1.29 is 24.0 Å². The quantitative estimate of drug-likeness (QED) is 0.437. The predicted octanol–water partition coefficient (Wildman–Crippen LogP) is 3.11. The van der Waals surface area contributed by atoms with E-state index in [-0.39, 0.29) is 0 Å². The smallest absolute Gasteiger partial charge is 0.238 e. The lowest BCUT2D eigenvalue weighted by Crippen LogP contribution is -2.40. The van der Waals surface area contributed by atoms with Crippen molar-refractivity contribution in [3.8, 4) is 0 Å². The first-order chi connectivity index (χ1) is 17.0. The Labute approximate surface area is 201 Å². The van der Waals surface area contributed by atoms with E-state index in [9.17, 15) is 24.0 Å². The number of hydrogen-bond acceptors (Lipinski definition) is 5. The van der Waals surface area contributed by atoms with Crippen LogP contribution < -0.4 is 9.80 Å². The Kier molecular flexibility index (Phi) is 4.74. The molecule has 0 spiro atoms. The average Bonchev–Trinajstić information content (AvgIpc) is 3.46. The average molecular weight is 464 g/mol. The van der Waals surface area contributed by atoms with Crippen LogP contribution >= 0.6 is 0 Å². The van der Waals surface area contributed by atoms with E-state index in [4.69, 9.17) is 0 Å². The third-order valence-corrected chi connectivity index (χ3v) is 7.35. The number of nitrogens with zero attached hydrogens (tertiary/aromatic N) is 2. The number of anilines is 2. The summed E-state index contributed by atoms with van der Waals surface area (Å²) in [5, 5.41) is 0. The summed E-state index contributed by atoms with van der Waals surface area (Å²) in [6.45, 7) is 0. The SMILES string of the molecule is O=C(c1ccccc1)C1[C@H]2C(=O)N(c3ccccc3)C(=O)[C@@H]2[C@@H]2C(=O)N(c3ccccc3)C(=O)[C@H]12. The number of carbonyl (C=O) groups excluding carboxylic acids is 5. The second-order valence-electron chi connectivity index (χ2n) is 9.05. The lowest BCUT2D eigenvalue weighted by molar-refractivity contribution is -0.129. The Morgan fingerprint density at radius 1 is 0.486 bits per heavy atom. The highest BCUT2D eigenvalue weighted by molar-refractivity contribution is 6.30. The van der Waals surface area contributed by atoms with Crippen molar-refractivity contribution >= 4 is 40.8 Å². The summed E-state index contributed by atoms with van der Waals surface area (Å²) < 4.78 is 0. The van der Waals surface area contributed by atoms with E-state index in [1.54, 1.807) is 91.0 Å². The molecule has 172 valence electrons. The molecule has 4 amide bonds. The number of hydrogen-bond donors (Lipinski definition) is 0. The fraction of sp³-hybridized carbons (Fsp3) is 0.179. The monoisotopic (exact) mass is 464 g/mol. The molecule has 2 heterocycles. The zero-order valence-electron chi connectivity index (χ0n) is 18.5. The van der Waals surface area contributed by atoms with Crippen LogP contribution in [0.1, 0.15) is 10.4 Å². The number of imide groups is 2. The van der Waals surface area contributed by atoms with Crippen LogP contribution in [0.4, 0.5) is 11.4 Å². The van der Waals surface area contributed by atoms with Gasteiger partial charge in [0.2, 0.25) is 23.6 Å². The van der Waals surface area contributed by atoms with Crippen LogP contribution in [-0.2, 0) is 19.2 Å². The van der Waals surface area contributed by atoms with Gasteiger partial charge in [-0.25, -0.2) is 0 Å². The topological polar surface area (TPSA) is 91.8 Å². The zero-order chi connectivity index (χ0) is 24.3. The molecule has 1 unspecified atom stereocenters. The number of fused-ring (bicyclic) bond motifs is 3. The van der Waals surface area contributed by atoms with Gasteiger partial charge >= 0.3 is 0 Å². The Morgan fingerprint density at radius 3 is 1.23 bits per heavy atom. The lowest BCUT2D eigenvalue weighted by Gasteiger charge is -2.23. The molecule has 1 saturated carbocycles. The van der Waals surface area contributed by atoms with E-state index >= 15 is 0 Å². The number of ketones is 1. The molecule has 5 atom stereocenters. The van der Waals surface area contributed by atoms with Gasteiger partial charge < -0.3 is 0 Å². The van der Waals surface area contributed by atoms with Crippen molar-refractivity contribution in [2.24, 2.45) is 29.6 Å². The molecule has 3 aliphatic rings. The molecule has 1 aliphatic carbocycles. The van der Waals surface area contributed by atoms with E-state index < -0.39 is 59.0 Å². The van der Waals surface area contributed by atoms with Gasteiger partial charge in [-0.3, -0.25) is 33.8 Å². The van der Waals surface area contributed by atoms with Crippen LogP contribution in [-0.4, -0.2) is 29.4 Å². The third-order valence-electron chi connectivity index (χ3n) is 7.35. The fourth-order valence-electron chi connectivity index (χ4n) is 5.94. The first-order valence-electron chi connectivity index (χ1n) is 11.5. The first kappa shape index (κ1) is 21.2. The van der Waals surface area contributed by atoms with Crippen molar-refractivity contribution in [1.82, 2.24) is 0 Å². The van der Waals surface area contributed by atoms with Gasteiger partial charge in [0, 0.05) is 11.5 Å². The molecule has 6 rings (SSSR count). The van der Waals surface area contributed by atoms with Crippen molar-refractivity contribution in [1.29, 1.82) is 0 Å². The number of para-hydroxylation sites is 2. The van der Waals surface area contributed by atoms with E-state index in [0.29, 0.717) is 16.9 Å². The summed E-state index contributed by atoms with van der Waals surface area (Å²) in [4.78, 5) is 70.5. The zero-order valence-corrected chi connectivity index (χ0v) is 18.5. The van der Waals surface area contributed by atoms with Gasteiger partial charge in [0.25, 0.3) is 0 Å². The molecule has 7 nitrogen and oxygen atoms in total. The fourth-order valence-corrected chi connectivity index (χ4v) is 5.94. The molecule has 2 saturated heterocycles. The Hall–Kier alpha value is -4.39. The van der Waals surface area contributed by atoms with Crippen LogP contribution in [0.3, 0.4) is 0 Å². The van der Waals surface area contributed by atoms with Crippen LogP contribution in [0.25, 0.3) is 0 Å². The highest BCUT2D eigenvalue weighted by Crippen LogP contribution is 2.56. The standard InChI is InChI=1S/C28H20N2O5/c31-24(16-10-4-1-5-11-16)19-20-22(27(34)29(25(20)32)17-12-6-2-7-13-17)23-21(19)26(33)30(28(23)35)18-14-8-3-9-15-18/h1-15,19-23H/t19?,20-,21-,22-,23+/m1/s1. The minimum Gasteiger partial charge on any atom is -0.294 e. The molecule has 3 aromatic rings. The van der Waals surface area contributed by atoms with Crippen LogP contribution in [0.2, 0.25) is 0 Å². The van der Waals surface area contributed by atoms with Gasteiger partial charge in [0.1, 0.15) is 0 Å². The predicted molar refractivity (Wildman–Crippen MR) is 126 cm³/mol. The molecule has 3 aromatic carbocycles. The second-order valence-corrected chi connectivity index (χ2v) is 9.05. The summed E-state index contributed by atoms with van der Waals surface area (Å²) in [6.07, 6.45) is 0. The highest BCUT2D eigenvalue weighted by Gasteiger charge is 2.72. The molecule has 0 aromatic heterocycles. The molecule has 0 N–H and O–H groups in total. The summed E-state index contributed by atoms with van der Waals surface area (Å²) >= 11 is 0. The second kappa shape index (κ2) is 7.84. The molecule has 35 heavy (non-hydrogen) atoms. The Balaban J connectivity index is 1.49. The summed E-state index contributed by atoms with van der Waals surface area (Å²) in [5.41, 5.74) is 1.11. The van der Waals surface area contributed by atoms with E-state index in [1.165, 1.54) is 0 Å². The maximum Gasteiger partial charge on any atom is 0.238 e. The first-order valence-corrected chi connectivity index (χ1v) is 11.5. The Bertz CT molecular complexity index is 1290. The molecule has 2 aliphatic heterocycles. The Morgan fingerprint density at radius 2 is 0.829 bits per heavy atom. The lowest BCUT2D eigenvalue weighted by atomic mass is 9.81. The van der Waals surface area contributed by atoms with Crippen molar-refractivity contribution in [2.45, 2.75) is 0 Å². The van der Waals surface area contributed by atoms with Gasteiger partial charge in [-0.2, -0.15) is 0 Å². The van der Waals surface area contributed by atoms with Crippen molar-refractivity contribution in [2.75, 3.05) is 9.80 Å². The molecular formula is C28H20N2O5. The van der Waals surface area contributed by atoms with E-state index in [1.807, 2.05) is 0 Å². The van der Waals surface area contributed by atoms with Gasteiger partial charge in [-0.15, -0.1) is 0 Å². The molecule has 3 fully saturated rings. The maximum atomic E-state index is 13.8. The molecule has 0 radical (unpaired) electrons. The number of Topliss-reactive ketones (excluding diaryl/α,β-unsaturated/α-hetero) is 1. The van der Waals surface area contributed by atoms with E-state index in [2.05, 4.69) is 0 Å². The maximum absolute atomic E-state index is 13.8. The van der Waals surface area contributed by atoms with Crippen LogP contribution in [0.15, 0.2) is 91.0 Å². The van der Waals surface area contributed by atoms with Gasteiger partial charge in [0.05, 0.1) is 35.0 Å². The molecule has 0 bridgehead atoms. The van der Waals surface area contributed by atoms with E-state index in [0.717, 1.165) is 9.80 Å². The summed E-state index contributed by atoms with van der Waals surface area (Å²) in [6, 6.07) is 25.3. The number of carbonyl (C=O) groups is 5. The van der Waals surface area contributed by atoms with Gasteiger partial charge in [0.15, 0.2) is 5.78 Å². The number of benzene rings is 3. The third kappa shape index (κ3) is 2.94. The summed E-state index contributed by atoms with van der Waals surface area (Å²) in [7, 11) is 0. The highest BCUT2D eigenvalue weighted by atomic mass is 16.2. The van der Waals surface area contributed by atoms with Crippen LogP contribution in [0, 0.1) is 29.6 Å².